The Balaban J connectivity index is 2.87. The van der Waals surface area contributed by atoms with Gasteiger partial charge in [-0.15, -0.1) is 0 Å². The van der Waals surface area contributed by atoms with Crippen LogP contribution in [0.1, 0.15) is 32.0 Å². The molecule has 13 heavy (non-hydrogen) atoms. The van der Waals surface area contributed by atoms with Crippen molar-refractivity contribution in [3.8, 4) is 0 Å². The predicted octanol–water partition coefficient (Wildman–Crippen LogP) is 2.12. The standard InChI is InChI=1S/C11H15NO/c1-11(2,3)10-5-4-9(6-7-13)8-12-10/h4-5,7-8H,6H2,1-3H3. The summed E-state index contributed by atoms with van der Waals surface area (Å²) in [5.74, 6) is 0. The smallest absolute Gasteiger partial charge is 0.124 e. The summed E-state index contributed by atoms with van der Waals surface area (Å²) < 4.78 is 0. The summed E-state index contributed by atoms with van der Waals surface area (Å²) in [6.45, 7) is 6.36. The summed E-state index contributed by atoms with van der Waals surface area (Å²) in [6, 6.07) is 3.95. The van der Waals surface area contributed by atoms with Gasteiger partial charge in [-0.05, 0) is 11.6 Å². The quantitative estimate of drug-likeness (QED) is 0.648. The highest BCUT2D eigenvalue weighted by molar-refractivity contribution is 5.54. The monoisotopic (exact) mass is 177 g/mol. The second kappa shape index (κ2) is 3.69. The predicted molar refractivity (Wildman–Crippen MR) is 52.7 cm³/mol. The topological polar surface area (TPSA) is 30.0 Å². The van der Waals surface area contributed by atoms with Crippen molar-refractivity contribution in [2.24, 2.45) is 0 Å². The molecule has 0 N–H and O–H groups in total. The lowest BCUT2D eigenvalue weighted by Gasteiger charge is -2.17. The number of pyridine rings is 1. The lowest BCUT2D eigenvalue weighted by molar-refractivity contribution is -0.107. The molecule has 0 saturated carbocycles. The van der Waals surface area contributed by atoms with Crippen molar-refractivity contribution in [1.82, 2.24) is 4.98 Å². The zero-order valence-corrected chi connectivity index (χ0v) is 8.37. The van der Waals surface area contributed by atoms with E-state index < -0.39 is 0 Å². The maximum absolute atomic E-state index is 10.2. The van der Waals surface area contributed by atoms with Crippen molar-refractivity contribution >= 4 is 6.29 Å². The van der Waals surface area contributed by atoms with Gasteiger partial charge in [0.15, 0.2) is 0 Å². The molecule has 0 spiro atoms. The Hall–Kier alpha value is -1.18. The Kier molecular flexibility index (Phi) is 2.81. The van der Waals surface area contributed by atoms with E-state index in [2.05, 4.69) is 25.8 Å². The maximum atomic E-state index is 10.2. The highest BCUT2D eigenvalue weighted by atomic mass is 16.1. The van der Waals surface area contributed by atoms with Gasteiger partial charge in [-0.1, -0.05) is 26.8 Å². The van der Waals surface area contributed by atoms with Crippen molar-refractivity contribution in [1.29, 1.82) is 0 Å². The fourth-order valence-corrected chi connectivity index (χ4v) is 1.09. The Bertz CT molecular complexity index is 282. The van der Waals surface area contributed by atoms with E-state index in [0.717, 1.165) is 17.5 Å². The van der Waals surface area contributed by atoms with Crippen LogP contribution in [0.3, 0.4) is 0 Å². The minimum absolute atomic E-state index is 0.0830. The zero-order valence-electron chi connectivity index (χ0n) is 8.37. The Morgan fingerprint density at radius 3 is 2.46 bits per heavy atom. The van der Waals surface area contributed by atoms with E-state index in [1.54, 1.807) is 6.20 Å². The molecule has 2 heteroatoms. The normalized spacial score (nSPS) is 11.3. The molecule has 0 radical (unpaired) electrons. The van der Waals surface area contributed by atoms with Gasteiger partial charge in [-0.2, -0.15) is 0 Å². The minimum Gasteiger partial charge on any atom is -0.303 e. The van der Waals surface area contributed by atoms with Crippen molar-refractivity contribution in [2.75, 3.05) is 0 Å². The average Bonchev–Trinajstić information content (AvgIpc) is 2.04. The number of aromatic nitrogens is 1. The molecule has 0 aromatic carbocycles. The average molecular weight is 177 g/mol. The second-order valence-corrected chi connectivity index (χ2v) is 4.17. The van der Waals surface area contributed by atoms with Crippen molar-refractivity contribution < 1.29 is 4.79 Å². The van der Waals surface area contributed by atoms with Crippen LogP contribution in [0.25, 0.3) is 0 Å². The SMILES string of the molecule is CC(C)(C)c1ccc(CC=O)cn1. The van der Waals surface area contributed by atoms with Gasteiger partial charge in [0.1, 0.15) is 6.29 Å². The van der Waals surface area contributed by atoms with E-state index in [1.807, 2.05) is 12.1 Å². The van der Waals surface area contributed by atoms with Gasteiger partial charge in [0, 0.05) is 23.7 Å². The van der Waals surface area contributed by atoms with Gasteiger partial charge >= 0.3 is 0 Å². The molecule has 0 atom stereocenters. The first kappa shape index (κ1) is 9.90. The van der Waals surface area contributed by atoms with E-state index >= 15 is 0 Å². The molecule has 1 aromatic heterocycles. The fourth-order valence-electron chi connectivity index (χ4n) is 1.09. The van der Waals surface area contributed by atoms with Gasteiger partial charge in [-0.25, -0.2) is 0 Å². The highest BCUT2D eigenvalue weighted by Gasteiger charge is 2.14. The van der Waals surface area contributed by atoms with Crippen molar-refractivity contribution in [2.45, 2.75) is 32.6 Å². The molecule has 0 saturated heterocycles. The minimum atomic E-state index is 0.0830. The summed E-state index contributed by atoms with van der Waals surface area (Å²) in [7, 11) is 0. The summed E-state index contributed by atoms with van der Waals surface area (Å²) in [5, 5.41) is 0. The van der Waals surface area contributed by atoms with Crippen LogP contribution >= 0.6 is 0 Å². The number of carbonyl (C=O) groups is 1. The van der Waals surface area contributed by atoms with Gasteiger partial charge < -0.3 is 4.79 Å². The molecule has 0 aliphatic carbocycles. The molecule has 70 valence electrons. The summed E-state index contributed by atoms with van der Waals surface area (Å²) in [6.07, 6.45) is 3.13. The Morgan fingerprint density at radius 1 is 1.38 bits per heavy atom. The third-order valence-corrected chi connectivity index (χ3v) is 1.91. The van der Waals surface area contributed by atoms with Crippen LogP contribution in [0.2, 0.25) is 0 Å². The first-order valence-electron chi connectivity index (χ1n) is 4.43. The number of rotatable bonds is 2. The third kappa shape index (κ3) is 2.65. The van der Waals surface area contributed by atoms with E-state index in [9.17, 15) is 4.79 Å². The van der Waals surface area contributed by atoms with E-state index in [-0.39, 0.29) is 5.41 Å². The molecule has 0 fully saturated rings. The van der Waals surface area contributed by atoms with Crippen LogP contribution in [0.4, 0.5) is 0 Å². The van der Waals surface area contributed by atoms with E-state index in [4.69, 9.17) is 0 Å². The molecular formula is C11H15NO. The number of carbonyl (C=O) groups excluding carboxylic acids is 1. The van der Waals surface area contributed by atoms with Gasteiger partial charge in [0.05, 0.1) is 0 Å². The summed E-state index contributed by atoms with van der Waals surface area (Å²) >= 11 is 0. The molecule has 1 rings (SSSR count). The lowest BCUT2D eigenvalue weighted by atomic mass is 9.91. The molecule has 2 nitrogen and oxygen atoms in total. The first-order chi connectivity index (χ1) is 6.04. The zero-order chi connectivity index (χ0) is 9.90. The molecule has 0 aliphatic heterocycles. The highest BCUT2D eigenvalue weighted by Crippen LogP contribution is 2.19. The van der Waals surface area contributed by atoms with Gasteiger partial charge in [-0.3, -0.25) is 4.98 Å². The van der Waals surface area contributed by atoms with Gasteiger partial charge in [0.2, 0.25) is 0 Å². The van der Waals surface area contributed by atoms with Crippen LogP contribution in [0.15, 0.2) is 18.3 Å². The second-order valence-electron chi connectivity index (χ2n) is 4.17. The van der Waals surface area contributed by atoms with Crippen LogP contribution in [0, 0.1) is 0 Å². The van der Waals surface area contributed by atoms with Crippen molar-refractivity contribution in [3.05, 3.63) is 29.6 Å². The largest absolute Gasteiger partial charge is 0.303 e. The molecule has 0 unspecified atom stereocenters. The number of nitrogens with zero attached hydrogens (tertiary/aromatic N) is 1. The number of hydrogen-bond acceptors (Lipinski definition) is 2. The first-order valence-corrected chi connectivity index (χ1v) is 4.43. The van der Waals surface area contributed by atoms with Crippen LogP contribution in [0.5, 0.6) is 0 Å². The van der Waals surface area contributed by atoms with Crippen LogP contribution < -0.4 is 0 Å². The summed E-state index contributed by atoms with van der Waals surface area (Å²) in [4.78, 5) is 14.5. The Labute approximate surface area is 79.0 Å². The van der Waals surface area contributed by atoms with Gasteiger partial charge in [0.25, 0.3) is 0 Å². The molecular weight excluding hydrogens is 162 g/mol. The number of aldehydes is 1. The molecule has 1 heterocycles. The maximum Gasteiger partial charge on any atom is 0.124 e. The van der Waals surface area contributed by atoms with E-state index in [1.165, 1.54) is 0 Å². The number of hydrogen-bond donors (Lipinski definition) is 0. The fraction of sp³-hybridized carbons (Fsp3) is 0.455. The van der Waals surface area contributed by atoms with Crippen molar-refractivity contribution in [3.63, 3.8) is 0 Å². The Morgan fingerprint density at radius 2 is 2.08 bits per heavy atom. The van der Waals surface area contributed by atoms with Crippen LogP contribution in [-0.2, 0) is 16.6 Å². The molecule has 0 bridgehead atoms. The molecule has 0 aliphatic rings. The van der Waals surface area contributed by atoms with E-state index in [0.29, 0.717) is 6.42 Å². The van der Waals surface area contributed by atoms with Crippen LogP contribution in [-0.4, -0.2) is 11.3 Å². The molecule has 0 amide bonds. The summed E-state index contributed by atoms with van der Waals surface area (Å²) in [5.41, 5.74) is 2.12. The molecule has 1 aromatic rings. The lowest BCUT2D eigenvalue weighted by Crippen LogP contribution is -2.13. The third-order valence-electron chi connectivity index (χ3n) is 1.91.